The van der Waals surface area contributed by atoms with E-state index >= 15 is 0 Å². The van der Waals surface area contributed by atoms with E-state index in [-0.39, 0.29) is 12.1 Å². The first-order valence-electron chi connectivity index (χ1n) is 7.36. The zero-order chi connectivity index (χ0) is 15.5. The summed E-state index contributed by atoms with van der Waals surface area (Å²) < 4.78 is 7.33. The monoisotopic (exact) mass is 300 g/mol. The molecule has 1 atom stereocenters. The predicted molar refractivity (Wildman–Crippen MR) is 82.7 cm³/mol. The Hall–Kier alpha value is -2.50. The lowest BCUT2D eigenvalue weighted by molar-refractivity contribution is 0.237. The zero-order valence-electron chi connectivity index (χ0n) is 12.7. The fourth-order valence-electron chi connectivity index (χ4n) is 2.43. The van der Waals surface area contributed by atoms with Gasteiger partial charge in [-0.1, -0.05) is 18.2 Å². The minimum absolute atomic E-state index is 0.179. The Kier molecular flexibility index (Phi) is 4.00. The van der Waals surface area contributed by atoms with E-state index < -0.39 is 0 Å². The second kappa shape index (κ2) is 6.09. The van der Waals surface area contributed by atoms with E-state index in [1.165, 1.54) is 0 Å². The van der Waals surface area contributed by atoms with Gasteiger partial charge >= 0.3 is 6.03 Å². The highest BCUT2D eigenvalue weighted by Gasteiger charge is 2.27. The third kappa shape index (κ3) is 3.05. The summed E-state index contributed by atoms with van der Waals surface area (Å²) in [7, 11) is 3.53. The summed E-state index contributed by atoms with van der Waals surface area (Å²) >= 11 is 0. The number of urea groups is 1. The number of hydrogen-bond acceptors (Lipinski definition) is 3. The van der Waals surface area contributed by atoms with Crippen molar-refractivity contribution in [3.8, 4) is 5.75 Å². The summed E-state index contributed by atoms with van der Waals surface area (Å²) in [6, 6.07) is 7.41. The summed E-state index contributed by atoms with van der Waals surface area (Å²) in [5.41, 5.74) is 0.880. The van der Waals surface area contributed by atoms with Crippen LogP contribution in [-0.4, -0.2) is 28.7 Å². The average Bonchev–Trinajstić information content (AvgIpc) is 3.23. The third-order valence-electron chi connectivity index (χ3n) is 3.75. The molecule has 6 nitrogen and oxygen atoms in total. The summed E-state index contributed by atoms with van der Waals surface area (Å²) in [4.78, 5) is 16.6. The molecule has 0 unspecified atom stereocenters. The Morgan fingerprint density at radius 3 is 2.82 bits per heavy atom. The number of amides is 2. The van der Waals surface area contributed by atoms with Crippen LogP contribution in [0.25, 0.3) is 0 Å². The number of para-hydroxylation sites is 1. The average molecular weight is 300 g/mol. The van der Waals surface area contributed by atoms with Gasteiger partial charge in [0.25, 0.3) is 0 Å². The molecular weight excluding hydrogens is 280 g/mol. The molecule has 22 heavy (non-hydrogen) atoms. The number of carbonyl (C=O) groups excluding carboxylic acids is 1. The smallest absolute Gasteiger partial charge is 0.315 e. The molecule has 2 aromatic rings. The molecule has 1 fully saturated rings. The number of aryl methyl sites for hydroxylation is 1. The number of benzene rings is 1. The van der Waals surface area contributed by atoms with Gasteiger partial charge in [-0.3, -0.25) is 0 Å². The van der Waals surface area contributed by atoms with Gasteiger partial charge in [-0.25, -0.2) is 9.78 Å². The normalized spacial score (nSPS) is 15.2. The molecular formula is C16H20N4O2. The highest BCUT2D eigenvalue weighted by molar-refractivity contribution is 5.75. The maximum atomic E-state index is 12.2. The zero-order valence-corrected chi connectivity index (χ0v) is 12.7. The Morgan fingerprint density at radius 2 is 2.18 bits per heavy atom. The molecule has 0 bridgehead atoms. The summed E-state index contributed by atoms with van der Waals surface area (Å²) in [6.45, 7) is 0. The molecule has 1 aromatic heterocycles. The molecule has 3 rings (SSSR count). The molecule has 6 heteroatoms. The van der Waals surface area contributed by atoms with Crippen LogP contribution < -0.4 is 15.4 Å². The fraction of sp³-hybridized carbons (Fsp3) is 0.375. The van der Waals surface area contributed by atoms with Crippen LogP contribution in [0, 0.1) is 0 Å². The van der Waals surface area contributed by atoms with Crippen molar-refractivity contribution < 1.29 is 9.53 Å². The van der Waals surface area contributed by atoms with Crippen molar-refractivity contribution in [1.29, 1.82) is 0 Å². The SMILES string of the molecule is COc1ccccc1[C@@H](NC(=O)NC1CC1)c1nccn1C. The predicted octanol–water partition coefficient (Wildman–Crippen LogP) is 1.98. The van der Waals surface area contributed by atoms with Crippen LogP contribution in [0.5, 0.6) is 5.75 Å². The van der Waals surface area contributed by atoms with Gasteiger partial charge in [0.05, 0.1) is 7.11 Å². The molecule has 2 N–H and O–H groups in total. The van der Waals surface area contributed by atoms with Gasteiger partial charge in [0.1, 0.15) is 17.6 Å². The van der Waals surface area contributed by atoms with E-state index in [1.807, 2.05) is 42.1 Å². The van der Waals surface area contributed by atoms with Gasteiger partial charge in [-0.05, 0) is 18.9 Å². The number of imidazole rings is 1. The van der Waals surface area contributed by atoms with Crippen LogP contribution in [0.2, 0.25) is 0 Å². The molecule has 1 heterocycles. The van der Waals surface area contributed by atoms with Crippen LogP contribution in [0.3, 0.4) is 0 Å². The topological polar surface area (TPSA) is 68.2 Å². The molecule has 1 aliphatic rings. The first kappa shape index (κ1) is 14.4. The van der Waals surface area contributed by atoms with E-state index in [9.17, 15) is 4.79 Å². The van der Waals surface area contributed by atoms with Gasteiger partial charge < -0.3 is 19.9 Å². The molecule has 2 amide bonds. The van der Waals surface area contributed by atoms with E-state index in [0.717, 1.165) is 30.0 Å². The van der Waals surface area contributed by atoms with Gasteiger partial charge in [-0.2, -0.15) is 0 Å². The molecule has 0 saturated heterocycles. The molecule has 1 saturated carbocycles. The van der Waals surface area contributed by atoms with Crippen molar-refractivity contribution in [2.45, 2.75) is 24.9 Å². The molecule has 1 aromatic carbocycles. The maximum Gasteiger partial charge on any atom is 0.315 e. The minimum atomic E-state index is -0.366. The minimum Gasteiger partial charge on any atom is -0.496 e. The Labute approximate surface area is 129 Å². The highest BCUT2D eigenvalue weighted by Crippen LogP contribution is 2.29. The van der Waals surface area contributed by atoms with E-state index in [4.69, 9.17) is 4.74 Å². The number of nitrogens with zero attached hydrogens (tertiary/aromatic N) is 2. The lowest BCUT2D eigenvalue weighted by Gasteiger charge is -2.21. The van der Waals surface area contributed by atoms with E-state index in [1.54, 1.807) is 13.3 Å². The number of nitrogens with one attached hydrogen (secondary N) is 2. The molecule has 116 valence electrons. The van der Waals surface area contributed by atoms with Crippen molar-refractivity contribution in [3.63, 3.8) is 0 Å². The summed E-state index contributed by atoms with van der Waals surface area (Å²) in [5.74, 6) is 1.48. The molecule has 0 aliphatic heterocycles. The quantitative estimate of drug-likeness (QED) is 0.887. The third-order valence-corrected chi connectivity index (χ3v) is 3.75. The summed E-state index contributed by atoms with van der Waals surface area (Å²) in [5, 5.41) is 5.95. The molecule has 1 aliphatic carbocycles. The highest BCUT2D eigenvalue weighted by atomic mass is 16.5. The molecule has 0 radical (unpaired) electrons. The van der Waals surface area contributed by atoms with Crippen LogP contribution in [0.4, 0.5) is 4.79 Å². The first-order chi connectivity index (χ1) is 10.7. The van der Waals surface area contributed by atoms with Crippen molar-refractivity contribution >= 4 is 6.03 Å². The largest absolute Gasteiger partial charge is 0.496 e. The van der Waals surface area contributed by atoms with Crippen LogP contribution >= 0.6 is 0 Å². The van der Waals surface area contributed by atoms with Crippen LogP contribution in [0.1, 0.15) is 30.3 Å². The Morgan fingerprint density at radius 1 is 1.41 bits per heavy atom. The van der Waals surface area contributed by atoms with Gasteiger partial charge in [0.2, 0.25) is 0 Å². The summed E-state index contributed by atoms with van der Waals surface area (Å²) in [6.07, 6.45) is 5.68. The Bertz CT molecular complexity index is 664. The van der Waals surface area contributed by atoms with Crippen molar-refractivity contribution in [2.24, 2.45) is 7.05 Å². The van der Waals surface area contributed by atoms with Gasteiger partial charge in [0, 0.05) is 31.0 Å². The van der Waals surface area contributed by atoms with E-state index in [2.05, 4.69) is 15.6 Å². The first-order valence-corrected chi connectivity index (χ1v) is 7.36. The van der Waals surface area contributed by atoms with E-state index in [0.29, 0.717) is 6.04 Å². The number of hydrogen-bond donors (Lipinski definition) is 2. The Balaban J connectivity index is 1.91. The van der Waals surface area contributed by atoms with Crippen molar-refractivity contribution in [2.75, 3.05) is 7.11 Å². The van der Waals surface area contributed by atoms with Crippen molar-refractivity contribution in [3.05, 3.63) is 48.0 Å². The van der Waals surface area contributed by atoms with Gasteiger partial charge in [-0.15, -0.1) is 0 Å². The van der Waals surface area contributed by atoms with Crippen LogP contribution in [-0.2, 0) is 7.05 Å². The molecule has 0 spiro atoms. The van der Waals surface area contributed by atoms with Crippen molar-refractivity contribution in [1.82, 2.24) is 20.2 Å². The van der Waals surface area contributed by atoms with Crippen LogP contribution in [0.15, 0.2) is 36.7 Å². The fourth-order valence-corrected chi connectivity index (χ4v) is 2.43. The number of ether oxygens (including phenoxy) is 1. The lowest BCUT2D eigenvalue weighted by atomic mass is 10.0. The standard InChI is InChI=1S/C16H20N4O2/c1-20-10-9-17-15(20)14(19-16(21)18-11-7-8-11)12-5-3-4-6-13(12)22-2/h3-6,9-11,14H,7-8H2,1-2H3,(H2,18,19,21)/t14-/m1/s1. The number of aromatic nitrogens is 2. The van der Waals surface area contributed by atoms with Gasteiger partial charge in [0.15, 0.2) is 0 Å². The maximum absolute atomic E-state index is 12.2. The lowest BCUT2D eigenvalue weighted by Crippen LogP contribution is -2.40. The second-order valence-corrected chi connectivity index (χ2v) is 5.46. The number of carbonyl (C=O) groups is 1. The number of methoxy groups -OCH3 is 1. The second-order valence-electron chi connectivity index (χ2n) is 5.46. The number of rotatable bonds is 5.